The number of nitrogens with zero attached hydrogens (tertiary/aromatic N) is 1. The van der Waals surface area contributed by atoms with Crippen molar-refractivity contribution in [2.45, 2.75) is 43.5 Å². The molecule has 3 rings (SSSR count). The molecule has 1 saturated heterocycles. The van der Waals surface area contributed by atoms with Crippen LogP contribution in [0.3, 0.4) is 0 Å². The van der Waals surface area contributed by atoms with Crippen LogP contribution in [-0.2, 0) is 16.4 Å². The van der Waals surface area contributed by atoms with Gasteiger partial charge in [0.05, 0.1) is 7.11 Å². The minimum absolute atomic E-state index is 0.0458. The summed E-state index contributed by atoms with van der Waals surface area (Å²) >= 11 is 0. The highest BCUT2D eigenvalue weighted by Crippen LogP contribution is 2.31. The fourth-order valence-corrected chi connectivity index (χ4v) is 5.52. The molecule has 0 aliphatic carbocycles. The molecule has 1 N–H and O–H groups in total. The Balaban J connectivity index is 1.78. The molecule has 1 fully saturated rings. The Morgan fingerprint density at radius 1 is 1.17 bits per heavy atom. The predicted octanol–water partition coefficient (Wildman–Crippen LogP) is 3.23. The second kappa shape index (κ2) is 9.41. The van der Waals surface area contributed by atoms with Crippen LogP contribution in [0, 0.1) is 0 Å². The maximum atomic E-state index is 13.3. The first-order valence-electron chi connectivity index (χ1n) is 9.95. The van der Waals surface area contributed by atoms with Crippen molar-refractivity contribution in [2.75, 3.05) is 20.2 Å². The smallest absolute Gasteiger partial charge is 0.251 e. The van der Waals surface area contributed by atoms with Gasteiger partial charge >= 0.3 is 0 Å². The summed E-state index contributed by atoms with van der Waals surface area (Å²) in [5, 5.41) is 2.86. The molecule has 29 heavy (non-hydrogen) atoms. The molecule has 1 heterocycles. The molecule has 2 aromatic rings. The number of methoxy groups -OCH3 is 1. The first-order chi connectivity index (χ1) is 13.9. The van der Waals surface area contributed by atoms with Gasteiger partial charge in [0.1, 0.15) is 10.6 Å². The van der Waals surface area contributed by atoms with E-state index in [4.69, 9.17) is 4.74 Å². The van der Waals surface area contributed by atoms with E-state index in [1.165, 1.54) is 17.5 Å². The Morgan fingerprint density at radius 2 is 1.93 bits per heavy atom. The van der Waals surface area contributed by atoms with Gasteiger partial charge in [-0.05, 0) is 49.9 Å². The van der Waals surface area contributed by atoms with Crippen LogP contribution in [0.4, 0.5) is 0 Å². The minimum atomic E-state index is -3.75. The normalized spacial score (nSPS) is 17.7. The lowest BCUT2D eigenvalue weighted by Gasteiger charge is -2.32. The maximum Gasteiger partial charge on any atom is 0.251 e. The summed E-state index contributed by atoms with van der Waals surface area (Å²) in [7, 11) is -2.31. The van der Waals surface area contributed by atoms with Gasteiger partial charge in [0.2, 0.25) is 10.0 Å². The minimum Gasteiger partial charge on any atom is -0.495 e. The number of amides is 1. The van der Waals surface area contributed by atoms with Crippen molar-refractivity contribution in [1.82, 2.24) is 9.62 Å². The van der Waals surface area contributed by atoms with Crippen LogP contribution >= 0.6 is 0 Å². The molecule has 2 aromatic carbocycles. The van der Waals surface area contributed by atoms with Crippen LogP contribution in [0.2, 0.25) is 0 Å². The Labute approximate surface area is 172 Å². The van der Waals surface area contributed by atoms with Gasteiger partial charge in [-0.2, -0.15) is 4.31 Å². The van der Waals surface area contributed by atoms with E-state index in [-0.39, 0.29) is 22.6 Å². The molecule has 1 unspecified atom stereocenters. The highest BCUT2D eigenvalue weighted by molar-refractivity contribution is 7.89. The largest absolute Gasteiger partial charge is 0.495 e. The highest BCUT2D eigenvalue weighted by Gasteiger charge is 2.33. The molecular formula is C22H28N2O4S. The first-order valence-corrected chi connectivity index (χ1v) is 11.4. The second-order valence-corrected chi connectivity index (χ2v) is 9.18. The number of ether oxygens (including phenoxy) is 1. The van der Waals surface area contributed by atoms with Gasteiger partial charge in [-0.3, -0.25) is 4.79 Å². The predicted molar refractivity (Wildman–Crippen MR) is 113 cm³/mol. The molecule has 1 aliphatic heterocycles. The summed E-state index contributed by atoms with van der Waals surface area (Å²) in [5.41, 5.74) is 1.44. The van der Waals surface area contributed by atoms with Gasteiger partial charge in [-0.15, -0.1) is 0 Å². The number of nitrogens with one attached hydrogen (secondary N) is 1. The maximum absolute atomic E-state index is 13.3. The summed E-state index contributed by atoms with van der Waals surface area (Å²) in [6.07, 6.45) is 3.40. The zero-order valence-electron chi connectivity index (χ0n) is 16.9. The third-order valence-corrected chi connectivity index (χ3v) is 7.33. The van der Waals surface area contributed by atoms with Crippen LogP contribution in [-0.4, -0.2) is 44.9 Å². The third kappa shape index (κ3) is 4.97. The van der Waals surface area contributed by atoms with Crippen LogP contribution in [0.25, 0.3) is 0 Å². The van der Waals surface area contributed by atoms with E-state index in [1.807, 2.05) is 37.3 Å². The van der Waals surface area contributed by atoms with Crippen molar-refractivity contribution in [3.05, 3.63) is 59.7 Å². The Hall–Kier alpha value is -2.38. The molecule has 0 saturated carbocycles. The van der Waals surface area contributed by atoms with Crippen molar-refractivity contribution in [3.63, 3.8) is 0 Å². The number of carbonyl (C=O) groups is 1. The van der Waals surface area contributed by atoms with E-state index in [0.717, 1.165) is 24.8 Å². The quantitative estimate of drug-likeness (QED) is 0.752. The molecule has 0 spiro atoms. The van der Waals surface area contributed by atoms with Gasteiger partial charge in [-0.1, -0.05) is 36.8 Å². The lowest BCUT2D eigenvalue weighted by molar-refractivity contribution is 0.0954. The molecule has 0 bridgehead atoms. The summed E-state index contributed by atoms with van der Waals surface area (Å²) in [6, 6.07) is 14.4. The van der Waals surface area contributed by atoms with Gasteiger partial charge in [0.25, 0.3) is 5.91 Å². The van der Waals surface area contributed by atoms with Crippen LogP contribution < -0.4 is 10.1 Å². The zero-order chi connectivity index (χ0) is 20.9. The zero-order valence-corrected chi connectivity index (χ0v) is 17.7. The van der Waals surface area contributed by atoms with Gasteiger partial charge in [-0.25, -0.2) is 8.42 Å². The van der Waals surface area contributed by atoms with Crippen LogP contribution in [0.1, 0.15) is 42.1 Å². The van der Waals surface area contributed by atoms with Crippen LogP contribution in [0.15, 0.2) is 53.4 Å². The molecule has 156 valence electrons. The second-order valence-electron chi connectivity index (χ2n) is 7.32. The number of piperidine rings is 1. The van der Waals surface area contributed by atoms with Crippen molar-refractivity contribution < 1.29 is 17.9 Å². The van der Waals surface area contributed by atoms with E-state index < -0.39 is 10.0 Å². The van der Waals surface area contributed by atoms with Crippen molar-refractivity contribution in [1.29, 1.82) is 0 Å². The first kappa shape index (κ1) is 21.3. The number of rotatable bonds is 7. The summed E-state index contributed by atoms with van der Waals surface area (Å²) < 4.78 is 33.3. The summed E-state index contributed by atoms with van der Waals surface area (Å²) in [5.74, 6) is -0.0460. The topological polar surface area (TPSA) is 75.7 Å². The van der Waals surface area contributed by atoms with E-state index in [9.17, 15) is 13.2 Å². The third-order valence-electron chi connectivity index (χ3n) is 5.30. The molecule has 1 aliphatic rings. The number of sulfonamides is 1. The van der Waals surface area contributed by atoms with Crippen LogP contribution in [0.5, 0.6) is 5.75 Å². The lowest BCUT2D eigenvalue weighted by Crippen LogP contribution is -2.42. The Kier molecular flexibility index (Phi) is 6.92. The van der Waals surface area contributed by atoms with Crippen molar-refractivity contribution in [3.8, 4) is 5.75 Å². The number of benzene rings is 2. The molecule has 1 atom stereocenters. The summed E-state index contributed by atoms with van der Waals surface area (Å²) in [6.45, 7) is 2.88. The van der Waals surface area contributed by atoms with Gasteiger partial charge in [0.15, 0.2) is 0 Å². The molecule has 7 heteroatoms. The average molecular weight is 417 g/mol. The molecule has 6 nitrogen and oxygen atoms in total. The Morgan fingerprint density at radius 3 is 2.62 bits per heavy atom. The van der Waals surface area contributed by atoms with Gasteiger partial charge < -0.3 is 10.1 Å². The highest BCUT2D eigenvalue weighted by atomic mass is 32.2. The fourth-order valence-electron chi connectivity index (χ4n) is 3.64. The monoisotopic (exact) mass is 416 g/mol. The number of hydrogen-bond donors (Lipinski definition) is 1. The Bertz CT molecular complexity index is 945. The molecule has 0 radical (unpaired) electrons. The van der Waals surface area contributed by atoms with Crippen molar-refractivity contribution >= 4 is 15.9 Å². The van der Waals surface area contributed by atoms with Crippen molar-refractivity contribution in [2.24, 2.45) is 0 Å². The van der Waals surface area contributed by atoms with E-state index in [1.54, 1.807) is 12.1 Å². The number of hydrogen-bond acceptors (Lipinski definition) is 4. The van der Waals surface area contributed by atoms with Gasteiger partial charge in [0, 0.05) is 24.7 Å². The van der Waals surface area contributed by atoms with E-state index in [0.29, 0.717) is 25.1 Å². The van der Waals surface area contributed by atoms with E-state index >= 15 is 0 Å². The lowest BCUT2D eigenvalue weighted by atomic mass is 10.1. The molecule has 1 amide bonds. The molecule has 0 aromatic heterocycles. The average Bonchev–Trinajstić information content (AvgIpc) is 2.74. The SMILES string of the molecule is COc1ccc(C(=O)NCCc2ccccc2)cc1S(=O)(=O)N1CCCCC1C. The summed E-state index contributed by atoms with van der Waals surface area (Å²) in [4.78, 5) is 12.6. The van der Waals surface area contributed by atoms with E-state index in [2.05, 4.69) is 5.32 Å². The molecular weight excluding hydrogens is 388 g/mol. The standard InChI is InChI=1S/C22H28N2O4S/c1-17-8-6-7-15-24(17)29(26,27)21-16-19(11-12-20(21)28-2)22(25)23-14-13-18-9-4-3-5-10-18/h3-5,9-12,16-17H,6-8,13-15H2,1-2H3,(H,23,25). The number of carbonyl (C=O) groups excluding carboxylic acids is 1. The fraction of sp³-hybridized carbons (Fsp3) is 0.409.